The van der Waals surface area contributed by atoms with Gasteiger partial charge in [-0.1, -0.05) is 78.9 Å². The van der Waals surface area contributed by atoms with E-state index >= 15 is 0 Å². The molecular formula is C31H36N2O. The summed E-state index contributed by atoms with van der Waals surface area (Å²) in [4.78, 5) is 17.8. The van der Waals surface area contributed by atoms with Crippen molar-refractivity contribution in [3.63, 3.8) is 0 Å². The summed E-state index contributed by atoms with van der Waals surface area (Å²) < 4.78 is 0. The number of benzene rings is 3. The van der Waals surface area contributed by atoms with E-state index in [9.17, 15) is 4.79 Å². The molecule has 2 fully saturated rings. The average Bonchev–Trinajstić information content (AvgIpc) is 3.33. The lowest BCUT2D eigenvalue weighted by molar-refractivity contribution is 0.0729. The minimum Gasteiger partial charge on any atom is -0.339 e. The molecule has 0 spiro atoms. The van der Waals surface area contributed by atoms with Crippen molar-refractivity contribution in [3.05, 3.63) is 108 Å². The van der Waals surface area contributed by atoms with Crippen molar-refractivity contribution in [1.29, 1.82) is 0 Å². The summed E-state index contributed by atoms with van der Waals surface area (Å²) in [5.74, 6) is 1.91. The highest BCUT2D eigenvalue weighted by atomic mass is 16.2. The number of piperidine rings is 1. The highest BCUT2D eigenvalue weighted by molar-refractivity contribution is 5.94. The average molecular weight is 453 g/mol. The minimum atomic E-state index is 0.140. The molecule has 1 aliphatic carbocycles. The standard InChI is InChI=1S/C31H36N2O/c1-32(31(34)27-15-9-4-10-16-27)29-21-28(30(22-29)26-13-7-3-8-14-26)23-33-19-17-25(18-20-33)24-11-5-2-6-12-24/h2-16,25,28-30H,17-23H2,1H3/t28-,29?,30-/m1/s1. The Morgan fingerprint density at radius 1 is 0.794 bits per heavy atom. The van der Waals surface area contributed by atoms with Gasteiger partial charge in [0.2, 0.25) is 0 Å². The third-order valence-corrected chi connectivity index (χ3v) is 8.14. The summed E-state index contributed by atoms with van der Waals surface area (Å²) in [5, 5.41) is 0. The van der Waals surface area contributed by atoms with E-state index in [4.69, 9.17) is 0 Å². The topological polar surface area (TPSA) is 23.6 Å². The van der Waals surface area contributed by atoms with Gasteiger partial charge in [0.15, 0.2) is 0 Å². The van der Waals surface area contributed by atoms with Crippen LogP contribution in [-0.4, -0.2) is 48.4 Å². The maximum absolute atomic E-state index is 13.2. The molecule has 0 N–H and O–H groups in total. The van der Waals surface area contributed by atoms with Gasteiger partial charge in [0.25, 0.3) is 5.91 Å². The number of hydrogen-bond donors (Lipinski definition) is 0. The van der Waals surface area contributed by atoms with Crippen molar-refractivity contribution in [2.75, 3.05) is 26.7 Å². The molecule has 3 aromatic carbocycles. The van der Waals surface area contributed by atoms with Crippen LogP contribution in [0.1, 0.15) is 59.0 Å². The van der Waals surface area contributed by atoms with Gasteiger partial charge in [-0.15, -0.1) is 0 Å². The van der Waals surface area contributed by atoms with E-state index < -0.39 is 0 Å². The lowest BCUT2D eigenvalue weighted by atomic mass is 9.86. The second kappa shape index (κ2) is 10.6. The molecule has 3 heteroatoms. The number of amides is 1. The largest absolute Gasteiger partial charge is 0.339 e. The second-order valence-electron chi connectivity index (χ2n) is 10.2. The van der Waals surface area contributed by atoms with Crippen LogP contribution >= 0.6 is 0 Å². The van der Waals surface area contributed by atoms with Crippen LogP contribution < -0.4 is 0 Å². The summed E-state index contributed by atoms with van der Waals surface area (Å²) >= 11 is 0. The van der Waals surface area contributed by atoms with Gasteiger partial charge in [0.1, 0.15) is 0 Å². The Morgan fingerprint density at radius 3 is 1.97 bits per heavy atom. The normalized spacial score (nSPS) is 23.6. The summed E-state index contributed by atoms with van der Waals surface area (Å²) in [6.45, 7) is 3.47. The van der Waals surface area contributed by atoms with Crippen molar-refractivity contribution in [3.8, 4) is 0 Å². The third-order valence-electron chi connectivity index (χ3n) is 8.14. The van der Waals surface area contributed by atoms with Gasteiger partial charge in [0, 0.05) is 25.2 Å². The predicted octanol–water partition coefficient (Wildman–Crippen LogP) is 6.20. The van der Waals surface area contributed by atoms with E-state index in [0.717, 1.165) is 24.9 Å². The maximum Gasteiger partial charge on any atom is 0.253 e. The first-order chi connectivity index (χ1) is 16.7. The summed E-state index contributed by atoms with van der Waals surface area (Å²) in [5.41, 5.74) is 3.70. The fourth-order valence-corrected chi connectivity index (χ4v) is 6.18. The van der Waals surface area contributed by atoms with Gasteiger partial charge in [0.05, 0.1) is 0 Å². The van der Waals surface area contributed by atoms with Crippen LogP contribution in [0.2, 0.25) is 0 Å². The van der Waals surface area contributed by atoms with Crippen molar-refractivity contribution >= 4 is 5.91 Å². The molecule has 1 aliphatic heterocycles. The van der Waals surface area contributed by atoms with Crippen LogP contribution in [0.4, 0.5) is 0 Å². The SMILES string of the molecule is CN(C(=O)c1ccccc1)C1C[C@H](CN2CCC(c3ccccc3)CC2)[C@@H](c2ccccc2)C1. The molecule has 1 amide bonds. The molecule has 1 saturated heterocycles. The van der Waals surface area contributed by atoms with Gasteiger partial charge >= 0.3 is 0 Å². The summed E-state index contributed by atoms with van der Waals surface area (Å²) in [6.07, 6.45) is 4.60. The molecule has 176 valence electrons. The molecule has 0 radical (unpaired) electrons. The molecule has 3 atom stereocenters. The Morgan fingerprint density at radius 2 is 1.35 bits per heavy atom. The van der Waals surface area contributed by atoms with Crippen LogP contribution in [0.5, 0.6) is 0 Å². The quantitative estimate of drug-likeness (QED) is 0.444. The monoisotopic (exact) mass is 452 g/mol. The lowest BCUT2D eigenvalue weighted by Gasteiger charge is -2.35. The molecule has 3 nitrogen and oxygen atoms in total. The fraction of sp³-hybridized carbons (Fsp3) is 0.387. The number of likely N-dealkylation sites (tertiary alicyclic amines) is 1. The van der Waals surface area contributed by atoms with Gasteiger partial charge in [-0.2, -0.15) is 0 Å². The number of carbonyl (C=O) groups is 1. The van der Waals surface area contributed by atoms with E-state index in [1.165, 1.54) is 37.1 Å². The zero-order valence-electron chi connectivity index (χ0n) is 20.2. The zero-order chi connectivity index (χ0) is 23.3. The van der Waals surface area contributed by atoms with E-state index in [0.29, 0.717) is 17.8 Å². The molecule has 3 aromatic rings. The highest BCUT2D eigenvalue weighted by Gasteiger charge is 2.39. The van der Waals surface area contributed by atoms with Crippen LogP contribution in [0.3, 0.4) is 0 Å². The Balaban J connectivity index is 1.26. The maximum atomic E-state index is 13.2. The van der Waals surface area contributed by atoms with Crippen molar-refractivity contribution in [2.24, 2.45) is 5.92 Å². The first kappa shape index (κ1) is 22.9. The van der Waals surface area contributed by atoms with Gasteiger partial charge in [-0.05, 0) is 79.8 Å². The lowest BCUT2D eigenvalue weighted by Crippen LogP contribution is -2.38. The zero-order valence-corrected chi connectivity index (χ0v) is 20.2. The van der Waals surface area contributed by atoms with E-state index in [2.05, 4.69) is 65.6 Å². The molecule has 1 heterocycles. The Kier molecular flexibility index (Phi) is 7.10. The molecule has 2 aliphatic rings. The number of nitrogens with zero attached hydrogens (tertiary/aromatic N) is 2. The molecule has 0 aromatic heterocycles. The van der Waals surface area contributed by atoms with Crippen molar-refractivity contribution < 1.29 is 4.79 Å². The van der Waals surface area contributed by atoms with Gasteiger partial charge < -0.3 is 9.80 Å². The van der Waals surface area contributed by atoms with Crippen LogP contribution in [0, 0.1) is 5.92 Å². The van der Waals surface area contributed by atoms with E-state index in [-0.39, 0.29) is 11.9 Å². The second-order valence-corrected chi connectivity index (χ2v) is 10.2. The predicted molar refractivity (Wildman–Crippen MR) is 139 cm³/mol. The molecular weight excluding hydrogens is 416 g/mol. The third kappa shape index (κ3) is 5.10. The van der Waals surface area contributed by atoms with E-state index in [1.54, 1.807) is 0 Å². The van der Waals surface area contributed by atoms with E-state index in [1.807, 2.05) is 42.3 Å². The highest BCUT2D eigenvalue weighted by Crippen LogP contribution is 2.43. The molecule has 1 saturated carbocycles. The number of carbonyl (C=O) groups excluding carboxylic acids is 1. The number of hydrogen-bond acceptors (Lipinski definition) is 2. The first-order valence-electron chi connectivity index (χ1n) is 12.8. The first-order valence-corrected chi connectivity index (χ1v) is 12.8. The summed E-state index contributed by atoms with van der Waals surface area (Å²) in [7, 11) is 2.00. The van der Waals surface area contributed by atoms with Crippen LogP contribution in [0.15, 0.2) is 91.0 Å². The van der Waals surface area contributed by atoms with Gasteiger partial charge in [-0.3, -0.25) is 4.79 Å². The Labute approximate surface area is 204 Å². The summed E-state index contributed by atoms with van der Waals surface area (Å²) in [6, 6.07) is 32.0. The van der Waals surface area contributed by atoms with Crippen LogP contribution in [-0.2, 0) is 0 Å². The van der Waals surface area contributed by atoms with Crippen molar-refractivity contribution in [2.45, 2.75) is 43.6 Å². The molecule has 5 rings (SSSR count). The smallest absolute Gasteiger partial charge is 0.253 e. The number of rotatable bonds is 6. The fourth-order valence-electron chi connectivity index (χ4n) is 6.18. The Hall–Kier alpha value is -2.91. The molecule has 0 bridgehead atoms. The Bertz CT molecular complexity index is 1040. The van der Waals surface area contributed by atoms with Crippen LogP contribution in [0.25, 0.3) is 0 Å². The molecule has 34 heavy (non-hydrogen) atoms. The molecule has 1 unspecified atom stereocenters. The van der Waals surface area contributed by atoms with Crippen molar-refractivity contribution in [1.82, 2.24) is 9.80 Å². The minimum absolute atomic E-state index is 0.140. The van der Waals surface area contributed by atoms with Gasteiger partial charge in [-0.25, -0.2) is 0 Å².